The van der Waals surface area contributed by atoms with Gasteiger partial charge in [0.1, 0.15) is 12.4 Å². The molecule has 0 amide bonds. The summed E-state index contributed by atoms with van der Waals surface area (Å²) in [5.74, 6) is 2.59. The lowest BCUT2D eigenvalue weighted by Crippen LogP contribution is -2.51. The van der Waals surface area contributed by atoms with Crippen molar-refractivity contribution in [2.24, 2.45) is 12.0 Å². The van der Waals surface area contributed by atoms with Gasteiger partial charge in [0.15, 0.2) is 11.8 Å². The lowest BCUT2D eigenvalue weighted by atomic mass is 10.0. The molecule has 1 aromatic heterocycles. The van der Waals surface area contributed by atoms with Crippen molar-refractivity contribution in [1.82, 2.24) is 25.4 Å². The normalized spacial score (nSPS) is 16.9. The monoisotopic (exact) mass is 545 g/mol. The summed E-state index contributed by atoms with van der Waals surface area (Å²) in [6.45, 7) is 7.47. The van der Waals surface area contributed by atoms with E-state index in [1.807, 2.05) is 36.7 Å². The fourth-order valence-corrected chi connectivity index (χ4v) is 3.75. The maximum absolute atomic E-state index is 6.42. The highest BCUT2D eigenvalue weighted by molar-refractivity contribution is 14.0. The topological polar surface area (TPSA) is 70.4 Å². The predicted molar refractivity (Wildman–Crippen MR) is 135 cm³/mol. The van der Waals surface area contributed by atoms with Crippen molar-refractivity contribution in [2.75, 3.05) is 24.5 Å². The number of anilines is 1. The van der Waals surface area contributed by atoms with Gasteiger partial charge in [-0.1, -0.05) is 37.1 Å². The Kier molecular flexibility index (Phi) is 10.2. The molecule has 1 fully saturated rings. The van der Waals surface area contributed by atoms with E-state index in [4.69, 9.17) is 16.6 Å². The molecule has 1 saturated heterocycles. The summed E-state index contributed by atoms with van der Waals surface area (Å²) in [4.78, 5) is 7.14. The highest BCUT2D eigenvalue weighted by Crippen LogP contribution is 2.27. The third kappa shape index (κ3) is 6.73. The Labute approximate surface area is 201 Å². The summed E-state index contributed by atoms with van der Waals surface area (Å²) in [5.41, 5.74) is 1.10. The fourth-order valence-electron chi connectivity index (χ4n) is 3.49. The molecular weight excluding hydrogens is 513 g/mol. The summed E-state index contributed by atoms with van der Waals surface area (Å²) >= 11 is 6.42. The molecule has 9 heteroatoms. The van der Waals surface area contributed by atoms with E-state index in [1.54, 1.807) is 0 Å². The molecule has 7 nitrogen and oxygen atoms in total. The smallest absolute Gasteiger partial charge is 0.191 e. The zero-order valence-electron chi connectivity index (χ0n) is 18.1. The van der Waals surface area contributed by atoms with Gasteiger partial charge in [0.2, 0.25) is 0 Å². The zero-order valence-corrected chi connectivity index (χ0v) is 21.2. The number of aryl methyl sites for hydroxylation is 1. The predicted octanol–water partition coefficient (Wildman–Crippen LogP) is 3.90. The van der Waals surface area contributed by atoms with Gasteiger partial charge < -0.3 is 20.1 Å². The molecule has 0 saturated carbocycles. The number of aliphatic imine (C=N–C) groups is 1. The van der Waals surface area contributed by atoms with Crippen molar-refractivity contribution in [1.29, 1.82) is 0 Å². The van der Waals surface area contributed by atoms with Crippen molar-refractivity contribution in [3.63, 3.8) is 0 Å². The standard InChI is InChI=1S/C21H32ClN7.HI/c1-4-5-12-23-21(24-14-20-27-26-16(2)28(20)3)25-17-9-8-13-29(15-17)19-11-7-6-10-18(19)22;/h6-7,10-11,17H,4-5,8-9,12-15H2,1-3H3,(H2,23,24,25);1H. The first-order valence-corrected chi connectivity index (χ1v) is 10.9. The minimum atomic E-state index is 0. The number of hydrogen-bond donors (Lipinski definition) is 2. The lowest BCUT2D eigenvalue weighted by molar-refractivity contribution is 0.467. The highest BCUT2D eigenvalue weighted by Gasteiger charge is 2.22. The fraction of sp³-hybridized carbons (Fsp3) is 0.571. The van der Waals surface area contributed by atoms with Crippen molar-refractivity contribution in [3.05, 3.63) is 40.9 Å². The van der Waals surface area contributed by atoms with Crippen LogP contribution in [0.5, 0.6) is 0 Å². The summed E-state index contributed by atoms with van der Waals surface area (Å²) in [6.07, 6.45) is 4.48. The van der Waals surface area contributed by atoms with E-state index in [0.717, 1.165) is 73.6 Å². The van der Waals surface area contributed by atoms with E-state index in [0.29, 0.717) is 12.6 Å². The minimum Gasteiger partial charge on any atom is -0.368 e. The number of guanidine groups is 1. The molecular formula is C21H33ClIN7. The molecule has 0 spiro atoms. The van der Waals surface area contributed by atoms with Gasteiger partial charge in [-0.05, 0) is 38.3 Å². The van der Waals surface area contributed by atoms with Crippen LogP contribution < -0.4 is 15.5 Å². The molecule has 166 valence electrons. The van der Waals surface area contributed by atoms with Gasteiger partial charge in [-0.2, -0.15) is 0 Å². The molecule has 0 bridgehead atoms. The van der Waals surface area contributed by atoms with Crippen LogP contribution in [0.2, 0.25) is 5.02 Å². The van der Waals surface area contributed by atoms with Crippen LogP contribution in [0.25, 0.3) is 0 Å². The van der Waals surface area contributed by atoms with Crippen molar-refractivity contribution >= 4 is 47.2 Å². The van der Waals surface area contributed by atoms with Crippen LogP contribution in [0.3, 0.4) is 0 Å². The van der Waals surface area contributed by atoms with Gasteiger partial charge in [-0.15, -0.1) is 34.2 Å². The maximum Gasteiger partial charge on any atom is 0.191 e. The Morgan fingerprint density at radius 3 is 2.80 bits per heavy atom. The number of benzene rings is 1. The number of hydrogen-bond acceptors (Lipinski definition) is 4. The first kappa shape index (κ1) is 24.7. The molecule has 30 heavy (non-hydrogen) atoms. The van der Waals surface area contributed by atoms with Crippen LogP contribution >= 0.6 is 35.6 Å². The summed E-state index contributed by atoms with van der Waals surface area (Å²) in [5, 5.41) is 16.2. The first-order chi connectivity index (χ1) is 14.1. The molecule has 0 aliphatic carbocycles. The summed E-state index contributed by atoms with van der Waals surface area (Å²) in [7, 11) is 1.97. The number of nitrogens with one attached hydrogen (secondary N) is 2. The van der Waals surface area contributed by atoms with E-state index in [1.165, 1.54) is 0 Å². The molecule has 1 unspecified atom stereocenters. The van der Waals surface area contributed by atoms with Crippen LogP contribution in [0, 0.1) is 6.92 Å². The van der Waals surface area contributed by atoms with E-state index in [9.17, 15) is 0 Å². The van der Waals surface area contributed by atoms with Crippen molar-refractivity contribution in [2.45, 2.75) is 52.1 Å². The SMILES string of the molecule is CCCCNC(=NCc1nnc(C)n1C)NC1CCCN(c2ccccc2Cl)C1.I. The third-order valence-electron chi connectivity index (χ3n) is 5.34. The van der Waals surface area contributed by atoms with Crippen LogP contribution in [0.15, 0.2) is 29.3 Å². The minimum absolute atomic E-state index is 0. The number of halogens is 2. The Morgan fingerprint density at radius 1 is 1.30 bits per heavy atom. The Balaban J connectivity index is 0.00000320. The molecule has 3 rings (SSSR count). The molecule has 2 aromatic rings. The Hall–Kier alpha value is -1.55. The molecule has 2 N–H and O–H groups in total. The van der Waals surface area contributed by atoms with Gasteiger partial charge in [0, 0.05) is 32.7 Å². The molecule has 1 aliphatic rings. The molecule has 1 atom stereocenters. The lowest BCUT2D eigenvalue weighted by Gasteiger charge is -2.35. The Morgan fingerprint density at radius 2 is 2.10 bits per heavy atom. The van der Waals surface area contributed by atoms with E-state index in [2.05, 4.69) is 38.7 Å². The average molecular weight is 546 g/mol. The van der Waals surface area contributed by atoms with Gasteiger partial charge in [0.05, 0.1) is 10.7 Å². The van der Waals surface area contributed by atoms with E-state index in [-0.39, 0.29) is 24.0 Å². The molecule has 2 heterocycles. The van der Waals surface area contributed by atoms with Crippen LogP contribution in [0.1, 0.15) is 44.3 Å². The van der Waals surface area contributed by atoms with Gasteiger partial charge in [0.25, 0.3) is 0 Å². The van der Waals surface area contributed by atoms with Crippen molar-refractivity contribution < 1.29 is 0 Å². The summed E-state index contributed by atoms with van der Waals surface area (Å²) < 4.78 is 1.98. The quantitative estimate of drug-likeness (QED) is 0.239. The summed E-state index contributed by atoms with van der Waals surface area (Å²) in [6, 6.07) is 8.38. The van der Waals surface area contributed by atoms with Crippen LogP contribution in [-0.4, -0.2) is 46.4 Å². The number of nitrogens with zero attached hydrogens (tertiary/aromatic N) is 5. The maximum atomic E-state index is 6.42. The molecule has 0 radical (unpaired) electrons. The zero-order chi connectivity index (χ0) is 20.6. The van der Waals surface area contributed by atoms with E-state index < -0.39 is 0 Å². The van der Waals surface area contributed by atoms with Crippen molar-refractivity contribution in [3.8, 4) is 0 Å². The second-order valence-corrected chi connectivity index (χ2v) is 7.96. The van der Waals surface area contributed by atoms with Gasteiger partial charge >= 0.3 is 0 Å². The molecule has 1 aromatic carbocycles. The highest BCUT2D eigenvalue weighted by atomic mass is 127. The van der Waals surface area contributed by atoms with Crippen LogP contribution in [0.4, 0.5) is 5.69 Å². The average Bonchev–Trinajstić information content (AvgIpc) is 3.05. The Bertz CT molecular complexity index is 823. The first-order valence-electron chi connectivity index (χ1n) is 10.5. The number of unbranched alkanes of at least 4 members (excludes halogenated alkanes) is 1. The van der Waals surface area contributed by atoms with E-state index >= 15 is 0 Å². The second-order valence-electron chi connectivity index (χ2n) is 7.55. The second kappa shape index (κ2) is 12.3. The largest absolute Gasteiger partial charge is 0.368 e. The number of para-hydroxylation sites is 1. The van der Waals surface area contributed by atoms with Gasteiger partial charge in [-0.25, -0.2) is 4.99 Å². The number of rotatable bonds is 7. The van der Waals surface area contributed by atoms with Crippen LogP contribution in [-0.2, 0) is 13.6 Å². The third-order valence-corrected chi connectivity index (χ3v) is 5.66. The number of piperidine rings is 1. The molecule has 1 aliphatic heterocycles. The van der Waals surface area contributed by atoms with Gasteiger partial charge in [-0.3, -0.25) is 0 Å². The number of aromatic nitrogens is 3.